The van der Waals surface area contributed by atoms with Gasteiger partial charge in [-0.3, -0.25) is 9.59 Å². The fourth-order valence-electron chi connectivity index (χ4n) is 3.47. The molecule has 1 aliphatic heterocycles. The van der Waals surface area contributed by atoms with Crippen LogP contribution in [0.15, 0.2) is 48.5 Å². The van der Waals surface area contributed by atoms with E-state index in [-0.39, 0.29) is 23.8 Å². The highest BCUT2D eigenvalue weighted by atomic mass is 16.5. The van der Waals surface area contributed by atoms with E-state index in [4.69, 9.17) is 9.47 Å². The number of methoxy groups -OCH3 is 1. The van der Waals surface area contributed by atoms with E-state index in [1.165, 1.54) is 0 Å². The van der Waals surface area contributed by atoms with Gasteiger partial charge in [0, 0.05) is 24.2 Å². The fourth-order valence-corrected chi connectivity index (χ4v) is 3.47. The van der Waals surface area contributed by atoms with Crippen molar-refractivity contribution < 1.29 is 19.1 Å². The number of ether oxygens (including phenoxy) is 2. The van der Waals surface area contributed by atoms with Gasteiger partial charge in [-0.1, -0.05) is 25.1 Å². The number of nitrogens with one attached hydrogen (secondary N) is 1. The van der Waals surface area contributed by atoms with E-state index < -0.39 is 0 Å². The van der Waals surface area contributed by atoms with Crippen molar-refractivity contribution in [3.05, 3.63) is 59.7 Å². The second kappa shape index (κ2) is 9.56. The molecule has 2 amide bonds. The summed E-state index contributed by atoms with van der Waals surface area (Å²) >= 11 is 0. The maximum Gasteiger partial charge on any atom is 0.254 e. The molecule has 1 aliphatic rings. The van der Waals surface area contributed by atoms with Crippen LogP contribution in [0.4, 0.5) is 5.69 Å². The summed E-state index contributed by atoms with van der Waals surface area (Å²) < 4.78 is 10.6. The summed E-state index contributed by atoms with van der Waals surface area (Å²) in [6.45, 7) is 5.67. The molecular formula is C23H28N2O4. The smallest absolute Gasteiger partial charge is 0.254 e. The molecular weight excluding hydrogens is 368 g/mol. The first kappa shape index (κ1) is 20.9. The normalized spacial score (nSPS) is 17.5. The van der Waals surface area contributed by atoms with Crippen LogP contribution in [0.1, 0.15) is 42.1 Å². The van der Waals surface area contributed by atoms with Gasteiger partial charge in [0.25, 0.3) is 5.91 Å². The largest absolute Gasteiger partial charge is 0.497 e. The van der Waals surface area contributed by atoms with Gasteiger partial charge in [-0.25, -0.2) is 0 Å². The quantitative estimate of drug-likeness (QED) is 0.809. The molecule has 1 saturated heterocycles. The number of nitrogens with zero attached hydrogens (tertiary/aromatic N) is 1. The van der Waals surface area contributed by atoms with Gasteiger partial charge in [-0.15, -0.1) is 0 Å². The van der Waals surface area contributed by atoms with Crippen LogP contribution < -0.4 is 10.1 Å². The zero-order valence-electron chi connectivity index (χ0n) is 17.2. The van der Waals surface area contributed by atoms with Crippen molar-refractivity contribution in [2.45, 2.75) is 32.2 Å². The number of amides is 2. The van der Waals surface area contributed by atoms with Crippen LogP contribution in [0, 0.1) is 0 Å². The fraction of sp³-hybridized carbons (Fsp3) is 0.391. The first-order valence-electron chi connectivity index (χ1n) is 9.90. The summed E-state index contributed by atoms with van der Waals surface area (Å²) in [4.78, 5) is 27.1. The predicted molar refractivity (Wildman–Crippen MR) is 112 cm³/mol. The molecule has 1 fully saturated rings. The molecule has 6 nitrogen and oxygen atoms in total. The molecule has 2 aromatic rings. The predicted octanol–water partition coefficient (Wildman–Crippen LogP) is 3.69. The first-order chi connectivity index (χ1) is 14.0. The molecule has 1 N–H and O–H groups in total. The number of carbonyl (C=O) groups is 2. The molecule has 1 heterocycles. The molecule has 3 rings (SSSR count). The molecule has 0 saturated carbocycles. The second-order valence-electron chi connectivity index (χ2n) is 7.43. The molecule has 2 aromatic carbocycles. The molecule has 0 aromatic heterocycles. The van der Waals surface area contributed by atoms with Crippen molar-refractivity contribution >= 4 is 17.5 Å². The summed E-state index contributed by atoms with van der Waals surface area (Å²) in [5.41, 5.74) is 2.27. The number of benzene rings is 2. The summed E-state index contributed by atoms with van der Waals surface area (Å²) in [6, 6.07) is 14.9. The third-order valence-electron chi connectivity index (χ3n) is 5.20. The summed E-state index contributed by atoms with van der Waals surface area (Å²) in [6.07, 6.45) is 0.352. The Balaban J connectivity index is 1.61. The Kier molecular flexibility index (Phi) is 6.88. The van der Waals surface area contributed by atoms with Crippen LogP contribution in [0.25, 0.3) is 0 Å². The minimum Gasteiger partial charge on any atom is -0.497 e. The topological polar surface area (TPSA) is 67.9 Å². The van der Waals surface area contributed by atoms with Gasteiger partial charge in [0.2, 0.25) is 5.91 Å². The van der Waals surface area contributed by atoms with E-state index in [1.54, 1.807) is 31.4 Å². The summed E-state index contributed by atoms with van der Waals surface area (Å²) in [5.74, 6) is 0.738. The minimum atomic E-state index is -0.0855. The van der Waals surface area contributed by atoms with Gasteiger partial charge in [0.1, 0.15) is 5.75 Å². The van der Waals surface area contributed by atoms with Crippen molar-refractivity contribution in [2.75, 3.05) is 32.2 Å². The highest BCUT2D eigenvalue weighted by Crippen LogP contribution is 2.23. The Morgan fingerprint density at radius 1 is 1.24 bits per heavy atom. The van der Waals surface area contributed by atoms with Gasteiger partial charge < -0.3 is 19.7 Å². The van der Waals surface area contributed by atoms with Crippen LogP contribution in [0.5, 0.6) is 5.75 Å². The molecule has 6 heteroatoms. The molecule has 29 heavy (non-hydrogen) atoms. The van der Waals surface area contributed by atoms with Crippen LogP contribution in [0.3, 0.4) is 0 Å². The third-order valence-corrected chi connectivity index (χ3v) is 5.20. The molecule has 2 unspecified atom stereocenters. The molecule has 0 aliphatic carbocycles. The van der Waals surface area contributed by atoms with E-state index in [2.05, 4.69) is 5.32 Å². The van der Waals surface area contributed by atoms with Gasteiger partial charge in [-0.2, -0.15) is 0 Å². The Morgan fingerprint density at radius 3 is 2.69 bits per heavy atom. The number of carbonyl (C=O) groups excluding carboxylic acids is 2. The van der Waals surface area contributed by atoms with Crippen LogP contribution >= 0.6 is 0 Å². The summed E-state index contributed by atoms with van der Waals surface area (Å²) in [7, 11) is 1.63. The van der Waals surface area contributed by atoms with Crippen molar-refractivity contribution in [2.24, 2.45) is 0 Å². The number of rotatable bonds is 6. The van der Waals surface area contributed by atoms with E-state index in [0.717, 1.165) is 11.3 Å². The molecule has 154 valence electrons. The second-order valence-corrected chi connectivity index (χ2v) is 7.43. The lowest BCUT2D eigenvalue weighted by Gasteiger charge is -2.33. The van der Waals surface area contributed by atoms with Crippen LogP contribution in [0.2, 0.25) is 0 Å². The highest BCUT2D eigenvalue weighted by Gasteiger charge is 2.25. The zero-order chi connectivity index (χ0) is 20.8. The van der Waals surface area contributed by atoms with Crippen molar-refractivity contribution in [1.29, 1.82) is 0 Å². The zero-order valence-corrected chi connectivity index (χ0v) is 17.2. The maximum absolute atomic E-state index is 12.8. The van der Waals surface area contributed by atoms with Gasteiger partial charge >= 0.3 is 0 Å². The number of hydrogen-bond acceptors (Lipinski definition) is 4. The van der Waals surface area contributed by atoms with Gasteiger partial charge in [-0.05, 0) is 48.7 Å². The maximum atomic E-state index is 12.8. The van der Waals surface area contributed by atoms with Crippen LogP contribution in [-0.2, 0) is 9.53 Å². The van der Waals surface area contributed by atoms with Crippen molar-refractivity contribution in [3.8, 4) is 5.75 Å². The average molecular weight is 396 g/mol. The Morgan fingerprint density at radius 2 is 2.00 bits per heavy atom. The number of anilines is 1. The summed E-state index contributed by atoms with van der Waals surface area (Å²) in [5, 5.41) is 2.92. The first-order valence-corrected chi connectivity index (χ1v) is 9.90. The van der Waals surface area contributed by atoms with Gasteiger partial charge in [0.15, 0.2) is 0 Å². The molecule has 0 spiro atoms. The molecule has 0 radical (unpaired) electrons. The van der Waals surface area contributed by atoms with E-state index in [1.807, 2.05) is 43.0 Å². The Labute approximate surface area is 171 Å². The van der Waals surface area contributed by atoms with E-state index in [9.17, 15) is 9.59 Å². The lowest BCUT2D eigenvalue weighted by atomic mass is 9.97. The van der Waals surface area contributed by atoms with Crippen molar-refractivity contribution in [3.63, 3.8) is 0 Å². The van der Waals surface area contributed by atoms with E-state index >= 15 is 0 Å². The number of morpholine rings is 1. The standard InChI is InChI=1S/C23H28N2O4/c1-16(18-7-9-21(28-3)10-8-18)13-22(26)24-20-6-4-5-19(14-20)23(27)25-11-12-29-15-17(25)2/h4-10,14,16-17H,11-13,15H2,1-3H3,(H,24,26). The Bertz CT molecular complexity index is 850. The SMILES string of the molecule is COc1ccc(C(C)CC(=O)Nc2cccc(C(=O)N3CCOCC3C)c2)cc1. The minimum absolute atomic E-state index is 0.0384. The lowest BCUT2D eigenvalue weighted by molar-refractivity contribution is -0.116. The third kappa shape index (κ3) is 5.35. The van der Waals surface area contributed by atoms with Crippen LogP contribution in [-0.4, -0.2) is 49.6 Å². The van der Waals surface area contributed by atoms with Crippen molar-refractivity contribution in [1.82, 2.24) is 4.90 Å². The average Bonchev–Trinajstić information content (AvgIpc) is 2.73. The molecule has 2 atom stereocenters. The number of hydrogen-bond donors (Lipinski definition) is 1. The molecule has 0 bridgehead atoms. The monoisotopic (exact) mass is 396 g/mol. The Hall–Kier alpha value is -2.86. The lowest BCUT2D eigenvalue weighted by Crippen LogP contribution is -2.47. The highest BCUT2D eigenvalue weighted by molar-refractivity contribution is 5.97. The van der Waals surface area contributed by atoms with Gasteiger partial charge in [0.05, 0.1) is 26.4 Å². The van der Waals surface area contributed by atoms with E-state index in [0.29, 0.717) is 37.4 Å².